The third-order valence-corrected chi connectivity index (χ3v) is 2.77. The molecule has 17 heavy (non-hydrogen) atoms. The van der Waals surface area contributed by atoms with Gasteiger partial charge in [-0.2, -0.15) is 0 Å². The first kappa shape index (κ1) is 11.8. The van der Waals surface area contributed by atoms with Gasteiger partial charge >= 0.3 is 0 Å². The van der Waals surface area contributed by atoms with Crippen molar-refractivity contribution in [2.45, 2.75) is 6.92 Å². The predicted octanol–water partition coefficient (Wildman–Crippen LogP) is 3.76. The smallest absolute Gasteiger partial charge is 0.153 e. The zero-order chi connectivity index (χ0) is 12.3. The first-order valence-corrected chi connectivity index (χ1v) is 5.84. The average Bonchev–Trinajstić information content (AvgIpc) is 2.34. The molecule has 0 fully saturated rings. The second kappa shape index (κ2) is 5.10. The predicted molar refractivity (Wildman–Crippen MR) is 68.6 cm³/mol. The maximum atomic E-state index is 10.9. The molecule has 0 spiro atoms. The summed E-state index contributed by atoms with van der Waals surface area (Å²) in [5.41, 5.74) is 1.29. The Kier molecular flexibility index (Phi) is 3.54. The summed E-state index contributed by atoms with van der Waals surface area (Å²) in [6.07, 6.45) is 2.47. The molecular weight excluding hydrogens is 282 g/mol. The quantitative estimate of drug-likeness (QED) is 0.809. The molecule has 0 unspecified atom stereocenters. The van der Waals surface area contributed by atoms with E-state index in [0.29, 0.717) is 17.1 Å². The normalized spacial score (nSPS) is 10.0. The van der Waals surface area contributed by atoms with E-state index in [9.17, 15) is 4.79 Å². The molecule has 86 valence electrons. The molecule has 2 aromatic rings. The van der Waals surface area contributed by atoms with Crippen LogP contribution in [-0.4, -0.2) is 11.3 Å². The number of benzene rings is 1. The van der Waals surface area contributed by atoms with Gasteiger partial charge in [-0.05, 0) is 37.3 Å². The molecule has 1 aromatic carbocycles. The number of carbonyl (C=O) groups is 1. The van der Waals surface area contributed by atoms with E-state index in [-0.39, 0.29) is 0 Å². The Morgan fingerprint density at radius 3 is 2.82 bits per heavy atom. The fourth-order valence-corrected chi connectivity index (χ4v) is 1.78. The Morgan fingerprint density at radius 1 is 1.29 bits per heavy atom. The Balaban J connectivity index is 2.36. The highest BCUT2D eigenvalue weighted by Gasteiger charge is 2.07. The Bertz CT molecular complexity index is 555. The van der Waals surface area contributed by atoms with Crippen LogP contribution in [0, 0.1) is 6.92 Å². The van der Waals surface area contributed by atoms with Gasteiger partial charge in [0.05, 0.1) is 11.3 Å². The third kappa shape index (κ3) is 2.71. The van der Waals surface area contributed by atoms with Crippen LogP contribution in [0.3, 0.4) is 0 Å². The van der Waals surface area contributed by atoms with Crippen LogP contribution in [0.1, 0.15) is 16.1 Å². The van der Waals surface area contributed by atoms with Gasteiger partial charge in [-0.25, -0.2) is 0 Å². The molecular formula is C13H10BrNO2. The minimum absolute atomic E-state index is 0.502. The van der Waals surface area contributed by atoms with E-state index in [4.69, 9.17) is 4.74 Å². The minimum Gasteiger partial charge on any atom is -0.455 e. The van der Waals surface area contributed by atoms with Crippen LogP contribution in [0.15, 0.2) is 41.0 Å². The van der Waals surface area contributed by atoms with Crippen molar-refractivity contribution in [1.82, 2.24) is 4.98 Å². The average molecular weight is 292 g/mol. The van der Waals surface area contributed by atoms with Crippen molar-refractivity contribution < 1.29 is 9.53 Å². The molecule has 0 N–H and O–H groups in total. The molecule has 0 saturated heterocycles. The molecule has 0 aliphatic carbocycles. The van der Waals surface area contributed by atoms with E-state index in [0.717, 1.165) is 16.5 Å². The molecule has 1 heterocycles. The lowest BCUT2D eigenvalue weighted by Crippen LogP contribution is -1.93. The van der Waals surface area contributed by atoms with Crippen LogP contribution in [-0.2, 0) is 0 Å². The van der Waals surface area contributed by atoms with Gasteiger partial charge in [-0.3, -0.25) is 9.78 Å². The van der Waals surface area contributed by atoms with Crippen molar-refractivity contribution in [1.29, 1.82) is 0 Å². The number of rotatable bonds is 3. The molecule has 0 aliphatic rings. The molecule has 0 radical (unpaired) electrons. The van der Waals surface area contributed by atoms with E-state index < -0.39 is 0 Å². The number of nitrogens with zero attached hydrogens (tertiary/aromatic N) is 1. The van der Waals surface area contributed by atoms with Crippen molar-refractivity contribution in [2.75, 3.05) is 0 Å². The Hall–Kier alpha value is -1.68. The van der Waals surface area contributed by atoms with Crippen molar-refractivity contribution in [2.24, 2.45) is 0 Å². The molecule has 0 amide bonds. The number of aldehydes is 1. The number of ether oxygens (including phenoxy) is 1. The van der Waals surface area contributed by atoms with E-state index in [1.54, 1.807) is 24.4 Å². The third-order valence-electron chi connectivity index (χ3n) is 2.28. The fraction of sp³-hybridized carbons (Fsp3) is 0.0769. The fourth-order valence-electron chi connectivity index (χ4n) is 1.40. The number of halogens is 1. The molecule has 0 aliphatic heterocycles. The highest BCUT2D eigenvalue weighted by atomic mass is 79.9. The van der Waals surface area contributed by atoms with Crippen molar-refractivity contribution in [3.8, 4) is 11.5 Å². The maximum Gasteiger partial charge on any atom is 0.153 e. The monoisotopic (exact) mass is 291 g/mol. The Morgan fingerprint density at radius 2 is 2.12 bits per heavy atom. The molecule has 2 rings (SSSR count). The van der Waals surface area contributed by atoms with Gasteiger partial charge in [0.1, 0.15) is 11.5 Å². The van der Waals surface area contributed by atoms with Crippen molar-refractivity contribution >= 4 is 22.2 Å². The molecule has 0 saturated carbocycles. The van der Waals surface area contributed by atoms with E-state index >= 15 is 0 Å². The number of hydrogen-bond acceptors (Lipinski definition) is 3. The largest absolute Gasteiger partial charge is 0.455 e. The van der Waals surface area contributed by atoms with Crippen LogP contribution in [0.4, 0.5) is 0 Å². The minimum atomic E-state index is 0.502. The van der Waals surface area contributed by atoms with Gasteiger partial charge < -0.3 is 4.74 Å². The van der Waals surface area contributed by atoms with E-state index in [2.05, 4.69) is 20.9 Å². The van der Waals surface area contributed by atoms with Gasteiger partial charge in [0.25, 0.3) is 0 Å². The second-order valence-electron chi connectivity index (χ2n) is 3.49. The summed E-state index contributed by atoms with van der Waals surface area (Å²) in [6.45, 7) is 1.86. The van der Waals surface area contributed by atoms with E-state index in [1.807, 2.05) is 19.1 Å². The standard InChI is InChI=1S/C13H10BrNO2/c1-9-12(3-2-6-15-9)17-13-5-4-11(14)7-10(13)8-16/h2-8H,1H3. The van der Waals surface area contributed by atoms with Crippen LogP contribution in [0.5, 0.6) is 11.5 Å². The lowest BCUT2D eigenvalue weighted by Gasteiger charge is -2.09. The SMILES string of the molecule is Cc1ncccc1Oc1ccc(Br)cc1C=O. The van der Waals surface area contributed by atoms with Crippen molar-refractivity contribution in [3.63, 3.8) is 0 Å². The zero-order valence-electron chi connectivity index (χ0n) is 9.18. The van der Waals surface area contributed by atoms with Gasteiger partial charge in [0.15, 0.2) is 6.29 Å². The lowest BCUT2D eigenvalue weighted by atomic mass is 10.2. The first-order valence-electron chi connectivity index (χ1n) is 5.05. The zero-order valence-corrected chi connectivity index (χ0v) is 10.8. The maximum absolute atomic E-state index is 10.9. The topological polar surface area (TPSA) is 39.2 Å². The number of aryl methyl sites for hydroxylation is 1. The van der Waals surface area contributed by atoms with Crippen LogP contribution >= 0.6 is 15.9 Å². The van der Waals surface area contributed by atoms with Gasteiger partial charge in [0, 0.05) is 10.7 Å². The van der Waals surface area contributed by atoms with Crippen LogP contribution in [0.2, 0.25) is 0 Å². The summed E-state index contributed by atoms with van der Waals surface area (Å²) in [5.74, 6) is 1.18. The highest BCUT2D eigenvalue weighted by Crippen LogP contribution is 2.28. The number of carbonyl (C=O) groups excluding carboxylic acids is 1. The summed E-state index contributed by atoms with van der Waals surface area (Å²) in [4.78, 5) is 15.1. The van der Waals surface area contributed by atoms with E-state index in [1.165, 1.54) is 0 Å². The summed E-state index contributed by atoms with van der Waals surface area (Å²) >= 11 is 3.31. The van der Waals surface area contributed by atoms with Crippen LogP contribution in [0.25, 0.3) is 0 Å². The highest BCUT2D eigenvalue weighted by molar-refractivity contribution is 9.10. The van der Waals surface area contributed by atoms with Crippen molar-refractivity contribution in [3.05, 3.63) is 52.3 Å². The lowest BCUT2D eigenvalue weighted by molar-refractivity contribution is 0.112. The second-order valence-corrected chi connectivity index (χ2v) is 4.40. The van der Waals surface area contributed by atoms with Crippen LogP contribution < -0.4 is 4.74 Å². The number of aromatic nitrogens is 1. The Labute approximate surface area is 108 Å². The molecule has 0 atom stereocenters. The summed E-state index contributed by atoms with van der Waals surface area (Å²) in [6, 6.07) is 8.91. The molecule has 0 bridgehead atoms. The molecule has 1 aromatic heterocycles. The van der Waals surface area contributed by atoms with Gasteiger partial charge in [-0.1, -0.05) is 15.9 Å². The van der Waals surface area contributed by atoms with Gasteiger partial charge in [-0.15, -0.1) is 0 Å². The summed E-state index contributed by atoms with van der Waals surface area (Å²) in [7, 11) is 0. The molecule has 4 heteroatoms. The van der Waals surface area contributed by atoms with Gasteiger partial charge in [0.2, 0.25) is 0 Å². The molecule has 3 nitrogen and oxygen atoms in total. The summed E-state index contributed by atoms with van der Waals surface area (Å²) < 4.78 is 6.51. The first-order chi connectivity index (χ1) is 8.20. The number of hydrogen-bond donors (Lipinski definition) is 0. The summed E-state index contributed by atoms with van der Waals surface area (Å²) in [5, 5.41) is 0. The number of pyridine rings is 1.